The molecule has 0 atom stereocenters. The Morgan fingerprint density at radius 3 is 1.46 bits per heavy atom. The first kappa shape index (κ1) is 19.7. The maximum absolute atomic E-state index is 12.5. The van der Waals surface area contributed by atoms with Gasteiger partial charge in [-0.3, -0.25) is 0 Å². The summed E-state index contributed by atoms with van der Waals surface area (Å²) in [7, 11) is 0. The lowest BCUT2D eigenvalue weighted by Gasteiger charge is -2.13. The smallest absolute Gasteiger partial charge is 0.338 e. The Balaban J connectivity index is 2.31. The van der Waals surface area contributed by atoms with Gasteiger partial charge in [-0.2, -0.15) is 0 Å². The molecule has 26 heavy (non-hydrogen) atoms. The summed E-state index contributed by atoms with van der Waals surface area (Å²) in [4.78, 5) is 24.9. The van der Waals surface area contributed by atoms with Crippen molar-refractivity contribution in [2.75, 3.05) is 13.2 Å². The summed E-state index contributed by atoms with van der Waals surface area (Å²) < 4.78 is 10.7. The third-order valence-corrected chi connectivity index (χ3v) is 4.05. The third kappa shape index (κ3) is 5.19. The van der Waals surface area contributed by atoms with Crippen LogP contribution in [0.5, 0.6) is 0 Å². The second-order valence-corrected chi connectivity index (χ2v) is 6.07. The molecule has 138 valence electrons. The van der Waals surface area contributed by atoms with Crippen LogP contribution >= 0.6 is 0 Å². The van der Waals surface area contributed by atoms with Gasteiger partial charge in [-0.1, -0.05) is 63.1 Å². The summed E-state index contributed by atoms with van der Waals surface area (Å²) in [5.41, 5.74) is 2.27. The molecule has 4 heteroatoms. The summed E-state index contributed by atoms with van der Waals surface area (Å²) in [5, 5.41) is 0. The SMILES string of the molecule is CCCCOC(=O)c1ccccc1-c1ccccc1C(=O)OCCCC. The first-order chi connectivity index (χ1) is 12.7. The van der Waals surface area contributed by atoms with E-state index in [9.17, 15) is 9.59 Å². The minimum Gasteiger partial charge on any atom is -0.462 e. The van der Waals surface area contributed by atoms with Gasteiger partial charge < -0.3 is 9.47 Å². The zero-order valence-electron chi connectivity index (χ0n) is 15.5. The molecule has 0 aromatic heterocycles. The highest BCUT2D eigenvalue weighted by Crippen LogP contribution is 2.28. The van der Waals surface area contributed by atoms with E-state index in [-0.39, 0.29) is 11.9 Å². The van der Waals surface area contributed by atoms with Crippen LogP contribution in [0.4, 0.5) is 0 Å². The van der Waals surface area contributed by atoms with E-state index in [4.69, 9.17) is 9.47 Å². The minimum absolute atomic E-state index is 0.372. The number of rotatable bonds is 9. The Kier molecular flexibility index (Phi) is 7.87. The van der Waals surface area contributed by atoms with E-state index in [2.05, 4.69) is 0 Å². The normalized spacial score (nSPS) is 10.4. The number of carbonyl (C=O) groups excluding carboxylic acids is 2. The van der Waals surface area contributed by atoms with Gasteiger partial charge in [-0.15, -0.1) is 0 Å². The molecular formula is C22H26O4. The number of ether oxygens (including phenoxy) is 2. The lowest BCUT2D eigenvalue weighted by molar-refractivity contribution is 0.0488. The van der Waals surface area contributed by atoms with Crippen LogP contribution in [0.15, 0.2) is 48.5 Å². The molecule has 0 saturated carbocycles. The molecule has 0 fully saturated rings. The monoisotopic (exact) mass is 354 g/mol. The van der Waals surface area contributed by atoms with Crippen LogP contribution in [0, 0.1) is 0 Å². The maximum Gasteiger partial charge on any atom is 0.338 e. The molecule has 0 amide bonds. The molecule has 0 aliphatic carbocycles. The van der Waals surface area contributed by atoms with E-state index in [0.717, 1.165) is 25.7 Å². The molecule has 2 aromatic carbocycles. The number of hydrogen-bond acceptors (Lipinski definition) is 4. The van der Waals surface area contributed by atoms with Crippen molar-refractivity contribution in [3.05, 3.63) is 59.7 Å². The van der Waals surface area contributed by atoms with E-state index >= 15 is 0 Å². The first-order valence-electron chi connectivity index (χ1n) is 9.21. The van der Waals surface area contributed by atoms with Crippen LogP contribution in [0.25, 0.3) is 11.1 Å². The number of unbranched alkanes of at least 4 members (excludes halogenated alkanes) is 2. The molecular weight excluding hydrogens is 328 g/mol. The Hall–Kier alpha value is -2.62. The van der Waals surface area contributed by atoms with Gasteiger partial charge in [0.15, 0.2) is 0 Å². The van der Waals surface area contributed by atoms with Crippen LogP contribution in [0.1, 0.15) is 60.2 Å². The second kappa shape index (κ2) is 10.4. The Bertz CT molecular complexity index is 673. The average molecular weight is 354 g/mol. The quantitative estimate of drug-likeness (QED) is 0.455. The van der Waals surface area contributed by atoms with Crippen molar-refractivity contribution in [3.63, 3.8) is 0 Å². The van der Waals surface area contributed by atoms with E-state index in [1.165, 1.54) is 0 Å². The molecule has 0 heterocycles. The number of esters is 2. The van der Waals surface area contributed by atoms with Crippen molar-refractivity contribution in [2.45, 2.75) is 39.5 Å². The van der Waals surface area contributed by atoms with Crippen molar-refractivity contribution in [3.8, 4) is 11.1 Å². The Labute approximate surface area is 155 Å². The standard InChI is InChI=1S/C22H26O4/c1-3-5-15-25-21(23)19-13-9-7-11-17(19)18-12-8-10-14-20(18)22(24)26-16-6-4-2/h7-14H,3-6,15-16H2,1-2H3. The second-order valence-electron chi connectivity index (χ2n) is 6.07. The van der Waals surface area contributed by atoms with Crippen LogP contribution in [-0.4, -0.2) is 25.2 Å². The van der Waals surface area contributed by atoms with Gasteiger partial charge in [-0.05, 0) is 36.1 Å². The van der Waals surface area contributed by atoms with Gasteiger partial charge >= 0.3 is 11.9 Å². The van der Waals surface area contributed by atoms with Crippen molar-refractivity contribution in [1.29, 1.82) is 0 Å². The highest BCUT2D eigenvalue weighted by Gasteiger charge is 2.19. The van der Waals surface area contributed by atoms with Crippen LogP contribution in [0.3, 0.4) is 0 Å². The van der Waals surface area contributed by atoms with E-state index < -0.39 is 0 Å². The van der Waals surface area contributed by atoms with E-state index in [1.807, 2.05) is 38.1 Å². The molecule has 0 N–H and O–H groups in total. The molecule has 2 aromatic rings. The lowest BCUT2D eigenvalue weighted by atomic mass is 9.95. The molecule has 0 unspecified atom stereocenters. The number of carbonyl (C=O) groups is 2. The van der Waals surface area contributed by atoms with Gasteiger partial charge in [0.1, 0.15) is 0 Å². The zero-order valence-corrected chi connectivity index (χ0v) is 15.5. The highest BCUT2D eigenvalue weighted by atomic mass is 16.5. The summed E-state index contributed by atoms with van der Waals surface area (Å²) >= 11 is 0. The summed E-state index contributed by atoms with van der Waals surface area (Å²) in [5.74, 6) is -0.744. The van der Waals surface area contributed by atoms with Gasteiger partial charge in [0.05, 0.1) is 24.3 Å². The first-order valence-corrected chi connectivity index (χ1v) is 9.21. The van der Waals surface area contributed by atoms with Gasteiger partial charge in [0.2, 0.25) is 0 Å². The van der Waals surface area contributed by atoms with E-state index in [0.29, 0.717) is 35.5 Å². The van der Waals surface area contributed by atoms with Crippen molar-refractivity contribution < 1.29 is 19.1 Å². The van der Waals surface area contributed by atoms with Crippen LogP contribution in [-0.2, 0) is 9.47 Å². The predicted octanol–water partition coefficient (Wildman–Crippen LogP) is 5.27. The number of benzene rings is 2. The highest BCUT2D eigenvalue weighted by molar-refractivity contribution is 6.03. The molecule has 4 nitrogen and oxygen atoms in total. The largest absolute Gasteiger partial charge is 0.462 e. The fourth-order valence-electron chi connectivity index (χ4n) is 2.57. The summed E-state index contributed by atoms with van der Waals surface area (Å²) in [6.07, 6.45) is 3.57. The lowest BCUT2D eigenvalue weighted by Crippen LogP contribution is -2.11. The topological polar surface area (TPSA) is 52.6 Å². The van der Waals surface area contributed by atoms with Gasteiger partial charge in [0, 0.05) is 0 Å². The molecule has 2 rings (SSSR count). The third-order valence-electron chi connectivity index (χ3n) is 4.05. The fraction of sp³-hybridized carbons (Fsp3) is 0.364. The number of hydrogen-bond donors (Lipinski definition) is 0. The van der Waals surface area contributed by atoms with Gasteiger partial charge in [0.25, 0.3) is 0 Å². The fourth-order valence-corrected chi connectivity index (χ4v) is 2.57. The zero-order chi connectivity index (χ0) is 18.8. The van der Waals surface area contributed by atoms with Crippen molar-refractivity contribution in [1.82, 2.24) is 0 Å². The maximum atomic E-state index is 12.5. The predicted molar refractivity (Wildman–Crippen MR) is 102 cm³/mol. The Morgan fingerprint density at radius 1 is 0.692 bits per heavy atom. The summed E-state index contributed by atoms with van der Waals surface area (Å²) in [6, 6.07) is 14.4. The molecule has 0 saturated heterocycles. The van der Waals surface area contributed by atoms with Crippen molar-refractivity contribution in [2.24, 2.45) is 0 Å². The molecule has 0 spiro atoms. The molecule has 0 aliphatic heterocycles. The minimum atomic E-state index is -0.372. The molecule has 0 aliphatic rings. The molecule has 0 radical (unpaired) electrons. The average Bonchev–Trinajstić information content (AvgIpc) is 2.68. The summed E-state index contributed by atoms with van der Waals surface area (Å²) in [6.45, 7) is 4.87. The Morgan fingerprint density at radius 2 is 1.08 bits per heavy atom. The van der Waals surface area contributed by atoms with E-state index in [1.54, 1.807) is 24.3 Å². The van der Waals surface area contributed by atoms with Crippen molar-refractivity contribution >= 4 is 11.9 Å². The van der Waals surface area contributed by atoms with Gasteiger partial charge in [-0.25, -0.2) is 9.59 Å². The molecule has 0 bridgehead atoms. The van der Waals surface area contributed by atoms with Crippen LogP contribution < -0.4 is 0 Å². The van der Waals surface area contributed by atoms with Crippen LogP contribution in [0.2, 0.25) is 0 Å².